The molecule has 0 aliphatic carbocycles. The molecule has 7 heteroatoms. The number of carbonyl (C=O) groups excluding carboxylic acids is 1. The number of halogens is 4. The zero-order chi connectivity index (χ0) is 14.5. The van der Waals surface area contributed by atoms with Gasteiger partial charge in [0.25, 0.3) is 0 Å². The highest BCUT2D eigenvalue weighted by molar-refractivity contribution is 8.01. The van der Waals surface area contributed by atoms with Crippen molar-refractivity contribution in [1.29, 1.82) is 0 Å². The molecule has 0 amide bonds. The third kappa shape index (κ3) is 4.50. The van der Waals surface area contributed by atoms with Gasteiger partial charge >= 0.3 is 5.25 Å². The lowest BCUT2D eigenvalue weighted by atomic mass is 10.1. The molecule has 0 heterocycles. The molecule has 2 nitrogen and oxygen atoms in total. The fourth-order valence-corrected chi connectivity index (χ4v) is 1.97. The van der Waals surface area contributed by atoms with Gasteiger partial charge in [0.05, 0.1) is 12.2 Å². The van der Waals surface area contributed by atoms with Crippen LogP contribution in [0.3, 0.4) is 0 Å². The summed E-state index contributed by atoms with van der Waals surface area (Å²) in [5, 5.41) is -3.77. The van der Waals surface area contributed by atoms with Crippen molar-refractivity contribution in [2.45, 2.75) is 12.2 Å². The number of thioether (sulfide) groups is 1. The van der Waals surface area contributed by atoms with E-state index in [0.29, 0.717) is 18.7 Å². The van der Waals surface area contributed by atoms with E-state index in [-0.39, 0.29) is 24.1 Å². The van der Waals surface area contributed by atoms with Crippen LogP contribution >= 0.6 is 11.8 Å². The summed E-state index contributed by atoms with van der Waals surface area (Å²) in [5.74, 6) is -4.00. The van der Waals surface area contributed by atoms with Crippen LogP contribution in [0.4, 0.5) is 17.6 Å². The van der Waals surface area contributed by atoms with Crippen molar-refractivity contribution >= 4 is 17.5 Å². The quantitative estimate of drug-likeness (QED) is 0.437. The van der Waals surface area contributed by atoms with E-state index in [1.165, 1.54) is 0 Å². The summed E-state index contributed by atoms with van der Waals surface area (Å²) in [4.78, 5) is 11.5. The van der Waals surface area contributed by atoms with Gasteiger partial charge in [-0.05, 0) is 19.1 Å². The van der Waals surface area contributed by atoms with Gasteiger partial charge < -0.3 is 4.74 Å². The SMILES string of the molecule is CCOCCSC(F)(F)C(=O)c1ccc(F)cc1F. The van der Waals surface area contributed by atoms with Gasteiger partial charge in [-0.15, -0.1) is 0 Å². The number of ether oxygens (including phenoxy) is 1. The minimum atomic E-state index is -3.77. The van der Waals surface area contributed by atoms with Gasteiger partial charge in [0.15, 0.2) is 0 Å². The molecule has 0 spiro atoms. The molecule has 1 rings (SSSR count). The number of hydrogen-bond acceptors (Lipinski definition) is 3. The molecule has 0 saturated carbocycles. The highest BCUT2D eigenvalue weighted by atomic mass is 32.2. The smallest absolute Gasteiger partial charge is 0.356 e. The van der Waals surface area contributed by atoms with Gasteiger partial charge in [-0.2, -0.15) is 8.78 Å². The molecule has 0 atom stereocenters. The minimum Gasteiger partial charge on any atom is -0.381 e. The Kier molecular flexibility index (Phi) is 5.81. The third-order valence-electron chi connectivity index (χ3n) is 2.16. The summed E-state index contributed by atoms with van der Waals surface area (Å²) in [7, 11) is 0. The fourth-order valence-electron chi connectivity index (χ4n) is 1.27. The van der Waals surface area contributed by atoms with E-state index in [4.69, 9.17) is 4.74 Å². The lowest BCUT2D eigenvalue weighted by Gasteiger charge is -2.14. The third-order valence-corrected chi connectivity index (χ3v) is 3.07. The Labute approximate surface area is 112 Å². The summed E-state index contributed by atoms with van der Waals surface area (Å²) in [5.41, 5.74) is -0.824. The van der Waals surface area contributed by atoms with Crippen molar-refractivity contribution in [1.82, 2.24) is 0 Å². The molecule has 0 fully saturated rings. The Morgan fingerprint density at radius 1 is 1.37 bits per heavy atom. The molecule has 0 N–H and O–H groups in total. The number of hydrogen-bond donors (Lipinski definition) is 0. The van der Waals surface area contributed by atoms with E-state index in [2.05, 4.69) is 0 Å². The Bertz CT molecular complexity index is 451. The zero-order valence-corrected chi connectivity index (χ0v) is 10.9. The standard InChI is InChI=1S/C12H12F4O2S/c1-2-18-5-6-19-12(15,16)11(17)9-4-3-8(13)7-10(9)14/h3-4,7H,2,5-6H2,1H3. The van der Waals surface area contributed by atoms with Gasteiger partial charge in [-0.3, -0.25) is 4.79 Å². The second-order valence-electron chi connectivity index (χ2n) is 3.52. The highest BCUT2D eigenvalue weighted by Crippen LogP contribution is 2.33. The first-order chi connectivity index (χ1) is 8.88. The second-order valence-corrected chi connectivity index (χ2v) is 4.73. The molecular formula is C12H12F4O2S. The van der Waals surface area contributed by atoms with Crippen LogP contribution in [0, 0.1) is 11.6 Å². The van der Waals surface area contributed by atoms with Crippen molar-refractivity contribution in [2.75, 3.05) is 19.0 Å². The van der Waals surface area contributed by atoms with E-state index < -0.39 is 28.2 Å². The number of carbonyl (C=O) groups is 1. The van der Waals surface area contributed by atoms with Crippen LogP contribution in [0.2, 0.25) is 0 Å². The Morgan fingerprint density at radius 3 is 2.63 bits per heavy atom. The summed E-state index contributed by atoms with van der Waals surface area (Å²) >= 11 is 0.0662. The molecule has 0 aliphatic rings. The first-order valence-corrected chi connectivity index (χ1v) is 6.46. The molecule has 1 aromatic rings. The second kappa shape index (κ2) is 6.91. The van der Waals surface area contributed by atoms with E-state index in [1.807, 2.05) is 0 Å². The molecule has 0 unspecified atom stereocenters. The first-order valence-electron chi connectivity index (χ1n) is 5.48. The maximum Gasteiger partial charge on any atom is 0.356 e. The molecule has 0 aliphatic heterocycles. The van der Waals surface area contributed by atoms with E-state index in [0.717, 1.165) is 6.07 Å². The maximum atomic E-state index is 13.5. The van der Waals surface area contributed by atoms with Crippen molar-refractivity contribution in [3.05, 3.63) is 35.4 Å². The van der Waals surface area contributed by atoms with Crippen molar-refractivity contribution < 1.29 is 27.1 Å². The summed E-state index contributed by atoms with van der Waals surface area (Å²) in [6.45, 7) is 2.16. The number of rotatable bonds is 7. The topological polar surface area (TPSA) is 26.3 Å². The van der Waals surface area contributed by atoms with Gasteiger partial charge in [-0.1, -0.05) is 11.8 Å². The number of benzene rings is 1. The predicted octanol–water partition coefficient (Wildman–Crippen LogP) is 3.51. The van der Waals surface area contributed by atoms with Crippen molar-refractivity contribution in [3.8, 4) is 0 Å². The van der Waals surface area contributed by atoms with Crippen molar-refractivity contribution in [3.63, 3.8) is 0 Å². The molecule has 1 aromatic carbocycles. The lowest BCUT2D eigenvalue weighted by molar-refractivity contribution is 0.0559. The molecule has 0 radical (unpaired) electrons. The van der Waals surface area contributed by atoms with Crippen molar-refractivity contribution in [2.24, 2.45) is 0 Å². The summed E-state index contributed by atoms with van der Waals surface area (Å²) in [6.07, 6.45) is 0. The van der Waals surface area contributed by atoms with E-state index in [9.17, 15) is 22.4 Å². The molecule has 106 valence electrons. The van der Waals surface area contributed by atoms with Crippen LogP contribution in [0.5, 0.6) is 0 Å². The average Bonchev–Trinajstić information content (AvgIpc) is 2.34. The van der Waals surface area contributed by atoms with Gasteiger partial charge in [0.2, 0.25) is 5.78 Å². The average molecular weight is 296 g/mol. The zero-order valence-electron chi connectivity index (χ0n) is 10.1. The van der Waals surface area contributed by atoms with Crippen LogP contribution in [-0.4, -0.2) is 30.0 Å². The molecule has 19 heavy (non-hydrogen) atoms. The number of Topliss-reactive ketones (excluding diaryl/α,β-unsaturated/α-hetero) is 1. The first kappa shape index (κ1) is 16.0. The summed E-state index contributed by atoms with van der Waals surface area (Å²) < 4.78 is 57.8. The normalized spacial score (nSPS) is 11.6. The van der Waals surface area contributed by atoms with E-state index >= 15 is 0 Å². The van der Waals surface area contributed by atoms with Gasteiger partial charge in [0.1, 0.15) is 11.6 Å². The van der Waals surface area contributed by atoms with E-state index in [1.54, 1.807) is 6.92 Å². The Hall–Kier alpha value is -1.08. The predicted molar refractivity (Wildman–Crippen MR) is 64.6 cm³/mol. The molecule has 0 bridgehead atoms. The number of alkyl halides is 2. The lowest BCUT2D eigenvalue weighted by Crippen LogP contribution is -2.26. The largest absolute Gasteiger partial charge is 0.381 e. The monoisotopic (exact) mass is 296 g/mol. The Balaban J connectivity index is 2.74. The molecule has 0 aromatic heterocycles. The number of ketones is 1. The Morgan fingerprint density at radius 2 is 2.05 bits per heavy atom. The molecule has 0 saturated heterocycles. The fraction of sp³-hybridized carbons (Fsp3) is 0.417. The van der Waals surface area contributed by atoms with Crippen LogP contribution in [0.1, 0.15) is 17.3 Å². The van der Waals surface area contributed by atoms with Crippen LogP contribution in [-0.2, 0) is 4.74 Å². The van der Waals surface area contributed by atoms with Crippen LogP contribution < -0.4 is 0 Å². The maximum absolute atomic E-state index is 13.5. The minimum absolute atomic E-state index is 0.0654. The van der Waals surface area contributed by atoms with Crippen LogP contribution in [0.25, 0.3) is 0 Å². The van der Waals surface area contributed by atoms with Gasteiger partial charge in [-0.25, -0.2) is 8.78 Å². The highest BCUT2D eigenvalue weighted by Gasteiger charge is 2.41. The summed E-state index contributed by atoms with van der Waals surface area (Å²) in [6, 6.07) is 1.87. The van der Waals surface area contributed by atoms with Gasteiger partial charge in [0, 0.05) is 18.4 Å². The van der Waals surface area contributed by atoms with Crippen LogP contribution in [0.15, 0.2) is 18.2 Å². The molecular weight excluding hydrogens is 284 g/mol.